The summed E-state index contributed by atoms with van der Waals surface area (Å²) in [5.74, 6) is 0.327. The molecule has 0 fully saturated rings. The third-order valence-corrected chi connectivity index (χ3v) is 2.95. The molecule has 1 aromatic rings. The largest absolute Gasteiger partial charge is 0.478 e. The Kier molecular flexibility index (Phi) is 6.05. The van der Waals surface area contributed by atoms with Crippen LogP contribution in [0.25, 0.3) is 0 Å². The summed E-state index contributed by atoms with van der Waals surface area (Å²) in [4.78, 5) is 11.9. The average molecular weight is 275 g/mol. The van der Waals surface area contributed by atoms with Gasteiger partial charge < -0.3 is 9.47 Å². The summed E-state index contributed by atoms with van der Waals surface area (Å²) >= 11 is 0. The Morgan fingerprint density at radius 3 is 2.35 bits per heavy atom. The molecule has 0 bridgehead atoms. The highest BCUT2D eigenvalue weighted by molar-refractivity contribution is 5.75. The van der Waals surface area contributed by atoms with E-state index in [1.54, 1.807) is 19.1 Å². The van der Waals surface area contributed by atoms with E-state index in [1.165, 1.54) is 0 Å². The van der Waals surface area contributed by atoms with Crippen molar-refractivity contribution in [3.05, 3.63) is 28.8 Å². The van der Waals surface area contributed by atoms with Crippen molar-refractivity contribution < 1.29 is 14.3 Å². The fourth-order valence-electron chi connectivity index (χ4n) is 2.07. The van der Waals surface area contributed by atoms with Crippen LogP contribution in [0.5, 0.6) is 5.75 Å². The maximum atomic E-state index is 11.9. The highest BCUT2D eigenvalue weighted by Gasteiger charge is 2.22. The minimum absolute atomic E-state index is 0.336. The van der Waals surface area contributed by atoms with Crippen molar-refractivity contribution in [2.45, 2.75) is 46.6 Å². The molecule has 0 aliphatic heterocycles. The number of hydrogen-bond donors (Lipinski definition) is 0. The van der Waals surface area contributed by atoms with Gasteiger partial charge in [-0.2, -0.15) is 5.26 Å². The number of nitrogens with zero attached hydrogens (tertiary/aromatic N) is 1. The van der Waals surface area contributed by atoms with E-state index in [4.69, 9.17) is 14.7 Å². The zero-order valence-electron chi connectivity index (χ0n) is 12.5. The molecule has 1 atom stereocenters. The quantitative estimate of drug-likeness (QED) is 0.747. The molecule has 1 rings (SSSR count). The molecule has 0 radical (unpaired) electrons. The van der Waals surface area contributed by atoms with Crippen LogP contribution in [0.4, 0.5) is 0 Å². The lowest BCUT2D eigenvalue weighted by Gasteiger charge is -2.20. The summed E-state index contributed by atoms with van der Waals surface area (Å²) in [5, 5.41) is 8.94. The molecule has 108 valence electrons. The Labute approximate surface area is 120 Å². The third kappa shape index (κ3) is 3.99. The highest BCUT2D eigenvalue weighted by Crippen LogP contribution is 2.26. The summed E-state index contributed by atoms with van der Waals surface area (Å²) in [6.45, 7) is 7.86. The summed E-state index contributed by atoms with van der Waals surface area (Å²) < 4.78 is 10.9. The molecule has 20 heavy (non-hydrogen) atoms. The first-order valence-corrected chi connectivity index (χ1v) is 6.88. The van der Waals surface area contributed by atoms with Gasteiger partial charge in [0, 0.05) is 0 Å². The minimum atomic E-state index is -0.592. The van der Waals surface area contributed by atoms with Crippen molar-refractivity contribution >= 4 is 5.97 Å². The van der Waals surface area contributed by atoms with Gasteiger partial charge in [-0.05, 0) is 50.5 Å². The monoisotopic (exact) mass is 275 g/mol. The molecular weight excluding hydrogens is 254 g/mol. The van der Waals surface area contributed by atoms with Crippen LogP contribution in [-0.2, 0) is 9.53 Å². The fourth-order valence-corrected chi connectivity index (χ4v) is 2.07. The van der Waals surface area contributed by atoms with Gasteiger partial charge in [0.25, 0.3) is 0 Å². The molecule has 4 nitrogen and oxygen atoms in total. The van der Waals surface area contributed by atoms with Crippen LogP contribution in [0.3, 0.4) is 0 Å². The Balaban J connectivity index is 3.00. The molecule has 0 spiro atoms. The average Bonchev–Trinajstić information content (AvgIpc) is 2.41. The molecule has 0 amide bonds. The van der Waals surface area contributed by atoms with E-state index in [-0.39, 0.29) is 5.97 Å². The van der Waals surface area contributed by atoms with Crippen LogP contribution in [0.2, 0.25) is 0 Å². The van der Waals surface area contributed by atoms with Crippen LogP contribution in [-0.4, -0.2) is 18.7 Å². The standard InChI is InChI=1S/C16H21NO3/c1-5-7-14(16(18)19-6-2)20-15-11(3)8-13(10-17)9-12(15)4/h8-9,14H,5-7H2,1-4H3. The second-order valence-corrected chi connectivity index (χ2v) is 4.70. The normalized spacial score (nSPS) is 11.6. The number of rotatable bonds is 6. The number of benzene rings is 1. The van der Waals surface area contributed by atoms with Crippen molar-refractivity contribution in [1.82, 2.24) is 0 Å². The molecule has 0 saturated carbocycles. The number of carbonyl (C=O) groups excluding carboxylic acids is 1. The summed E-state index contributed by atoms with van der Waals surface area (Å²) in [7, 11) is 0. The van der Waals surface area contributed by atoms with Crippen LogP contribution < -0.4 is 4.74 Å². The van der Waals surface area contributed by atoms with Crippen LogP contribution in [0.1, 0.15) is 43.4 Å². The Bertz CT molecular complexity index is 494. The van der Waals surface area contributed by atoms with Crippen molar-refractivity contribution in [1.29, 1.82) is 5.26 Å². The van der Waals surface area contributed by atoms with Gasteiger partial charge >= 0.3 is 5.97 Å². The van der Waals surface area contributed by atoms with E-state index in [0.717, 1.165) is 17.5 Å². The summed E-state index contributed by atoms with van der Waals surface area (Å²) in [5.41, 5.74) is 2.30. The molecule has 0 N–H and O–H groups in total. The Morgan fingerprint density at radius 1 is 1.30 bits per heavy atom. The first-order valence-electron chi connectivity index (χ1n) is 6.88. The molecule has 4 heteroatoms. The molecular formula is C16H21NO3. The molecule has 0 heterocycles. The second-order valence-electron chi connectivity index (χ2n) is 4.70. The van der Waals surface area contributed by atoms with Crippen LogP contribution >= 0.6 is 0 Å². The van der Waals surface area contributed by atoms with Gasteiger partial charge in [-0.3, -0.25) is 0 Å². The van der Waals surface area contributed by atoms with Crippen LogP contribution in [0, 0.1) is 25.2 Å². The minimum Gasteiger partial charge on any atom is -0.478 e. The summed E-state index contributed by atoms with van der Waals surface area (Å²) in [6.07, 6.45) is 0.848. The van der Waals surface area contributed by atoms with E-state index < -0.39 is 6.10 Å². The first-order chi connectivity index (χ1) is 9.53. The Morgan fingerprint density at radius 2 is 1.90 bits per heavy atom. The maximum Gasteiger partial charge on any atom is 0.347 e. The lowest BCUT2D eigenvalue weighted by atomic mass is 10.1. The Hall–Kier alpha value is -2.02. The number of carbonyl (C=O) groups is 1. The number of esters is 1. The fraction of sp³-hybridized carbons (Fsp3) is 0.500. The molecule has 0 saturated heterocycles. The number of nitriles is 1. The van der Waals surface area contributed by atoms with E-state index in [0.29, 0.717) is 24.3 Å². The molecule has 0 aliphatic rings. The summed E-state index contributed by atoms with van der Waals surface area (Å²) in [6, 6.07) is 5.63. The van der Waals surface area contributed by atoms with E-state index in [1.807, 2.05) is 20.8 Å². The van der Waals surface area contributed by atoms with E-state index in [2.05, 4.69) is 6.07 Å². The van der Waals surface area contributed by atoms with Crippen molar-refractivity contribution in [3.8, 4) is 11.8 Å². The first kappa shape index (κ1) is 16.0. The topological polar surface area (TPSA) is 59.3 Å². The van der Waals surface area contributed by atoms with Gasteiger partial charge in [0.15, 0.2) is 6.10 Å². The number of aryl methyl sites for hydroxylation is 2. The van der Waals surface area contributed by atoms with E-state index in [9.17, 15) is 4.79 Å². The zero-order valence-corrected chi connectivity index (χ0v) is 12.5. The lowest BCUT2D eigenvalue weighted by Crippen LogP contribution is -2.29. The molecule has 1 aromatic carbocycles. The zero-order chi connectivity index (χ0) is 15.1. The van der Waals surface area contributed by atoms with Gasteiger partial charge in [-0.15, -0.1) is 0 Å². The van der Waals surface area contributed by atoms with Gasteiger partial charge in [0.2, 0.25) is 0 Å². The predicted molar refractivity (Wildman–Crippen MR) is 76.6 cm³/mol. The van der Waals surface area contributed by atoms with Crippen LogP contribution in [0.15, 0.2) is 12.1 Å². The predicted octanol–water partition coefficient (Wildman–Crippen LogP) is 3.29. The third-order valence-electron chi connectivity index (χ3n) is 2.95. The smallest absolute Gasteiger partial charge is 0.347 e. The van der Waals surface area contributed by atoms with Crippen molar-refractivity contribution in [2.75, 3.05) is 6.61 Å². The lowest BCUT2D eigenvalue weighted by molar-refractivity contribution is -0.151. The SMILES string of the molecule is CCCC(Oc1c(C)cc(C#N)cc1C)C(=O)OCC. The second kappa shape index (κ2) is 7.54. The number of hydrogen-bond acceptors (Lipinski definition) is 4. The van der Waals surface area contributed by atoms with Crippen molar-refractivity contribution in [2.24, 2.45) is 0 Å². The number of ether oxygens (including phenoxy) is 2. The van der Waals surface area contributed by atoms with Gasteiger partial charge in [-0.25, -0.2) is 4.79 Å². The molecule has 0 aliphatic carbocycles. The van der Waals surface area contributed by atoms with Gasteiger partial charge in [-0.1, -0.05) is 13.3 Å². The maximum absolute atomic E-state index is 11.9. The van der Waals surface area contributed by atoms with E-state index >= 15 is 0 Å². The van der Waals surface area contributed by atoms with Gasteiger partial charge in [0.1, 0.15) is 5.75 Å². The van der Waals surface area contributed by atoms with Gasteiger partial charge in [0.05, 0.1) is 18.2 Å². The molecule has 0 aromatic heterocycles. The molecule has 1 unspecified atom stereocenters. The van der Waals surface area contributed by atoms with Crippen molar-refractivity contribution in [3.63, 3.8) is 0 Å². The highest BCUT2D eigenvalue weighted by atomic mass is 16.6.